The Kier molecular flexibility index (Phi) is 5.38. The number of nitrogens with zero attached hydrogens (tertiary/aromatic N) is 1. The fourth-order valence-electron chi connectivity index (χ4n) is 3.45. The van der Waals surface area contributed by atoms with Crippen molar-refractivity contribution in [3.8, 4) is 0 Å². The average Bonchev–Trinajstić information content (AvgIpc) is 3.22. The van der Waals surface area contributed by atoms with Gasteiger partial charge in [-0.25, -0.2) is 0 Å². The van der Waals surface area contributed by atoms with Gasteiger partial charge >= 0.3 is 5.97 Å². The number of aromatic amines is 1. The van der Waals surface area contributed by atoms with Crippen molar-refractivity contribution in [3.63, 3.8) is 0 Å². The maximum absolute atomic E-state index is 12.8. The largest absolute Gasteiger partial charge is 0.481 e. The van der Waals surface area contributed by atoms with Crippen molar-refractivity contribution in [2.45, 2.75) is 38.7 Å². The highest BCUT2D eigenvalue weighted by molar-refractivity contribution is 5.91. The third-order valence-electron chi connectivity index (χ3n) is 4.73. The van der Waals surface area contributed by atoms with E-state index in [0.717, 1.165) is 34.9 Å². The monoisotopic (exact) mass is 344 g/mol. The van der Waals surface area contributed by atoms with E-state index in [1.54, 1.807) is 4.90 Å². The summed E-state index contributed by atoms with van der Waals surface area (Å²) in [7, 11) is 0. The third-order valence-corrected chi connectivity index (χ3v) is 4.73. The van der Waals surface area contributed by atoms with Crippen molar-refractivity contribution in [3.05, 3.63) is 35.5 Å². The molecule has 1 fully saturated rings. The number of fused-ring (bicyclic) bond motifs is 1. The van der Waals surface area contributed by atoms with Gasteiger partial charge in [-0.15, -0.1) is 0 Å². The van der Waals surface area contributed by atoms with Gasteiger partial charge in [0.05, 0.1) is 18.9 Å². The van der Waals surface area contributed by atoms with Gasteiger partial charge in [0.25, 0.3) is 0 Å². The summed E-state index contributed by atoms with van der Waals surface area (Å²) < 4.78 is 5.62. The summed E-state index contributed by atoms with van der Waals surface area (Å²) in [6, 6.07) is 6.00. The third kappa shape index (κ3) is 4.20. The van der Waals surface area contributed by atoms with Crippen LogP contribution in [0.2, 0.25) is 0 Å². The van der Waals surface area contributed by atoms with Gasteiger partial charge in [0.2, 0.25) is 5.91 Å². The fourth-order valence-corrected chi connectivity index (χ4v) is 3.45. The van der Waals surface area contributed by atoms with Crippen LogP contribution in [0.5, 0.6) is 0 Å². The van der Waals surface area contributed by atoms with Gasteiger partial charge in [-0.2, -0.15) is 0 Å². The predicted molar refractivity (Wildman–Crippen MR) is 94.5 cm³/mol. The van der Waals surface area contributed by atoms with Crippen molar-refractivity contribution in [1.29, 1.82) is 0 Å². The second-order valence-electron chi connectivity index (χ2n) is 6.61. The Morgan fingerprint density at radius 3 is 2.96 bits per heavy atom. The Balaban J connectivity index is 1.74. The number of carbonyl (C=O) groups is 2. The van der Waals surface area contributed by atoms with E-state index in [0.29, 0.717) is 13.2 Å². The zero-order valence-electron chi connectivity index (χ0n) is 14.5. The van der Waals surface area contributed by atoms with E-state index >= 15 is 0 Å². The van der Waals surface area contributed by atoms with Gasteiger partial charge < -0.3 is 19.7 Å². The highest BCUT2D eigenvalue weighted by Gasteiger charge is 2.24. The Morgan fingerprint density at radius 2 is 2.24 bits per heavy atom. The van der Waals surface area contributed by atoms with Crippen LogP contribution in [0.3, 0.4) is 0 Å². The van der Waals surface area contributed by atoms with Crippen molar-refractivity contribution < 1.29 is 19.4 Å². The number of hydrogen-bond donors (Lipinski definition) is 2. The summed E-state index contributed by atoms with van der Waals surface area (Å²) in [5.41, 5.74) is 3.09. The molecule has 1 aliphatic heterocycles. The molecule has 0 bridgehead atoms. The van der Waals surface area contributed by atoms with Crippen molar-refractivity contribution >= 4 is 22.8 Å². The number of rotatable bonds is 7. The van der Waals surface area contributed by atoms with E-state index in [2.05, 4.69) is 4.98 Å². The minimum absolute atomic E-state index is 0.0162. The van der Waals surface area contributed by atoms with Crippen molar-refractivity contribution in [2.24, 2.45) is 0 Å². The number of aliphatic carboxylic acids is 1. The Morgan fingerprint density at radius 1 is 1.40 bits per heavy atom. The van der Waals surface area contributed by atoms with Crippen LogP contribution in [0.15, 0.2) is 24.4 Å². The number of aromatic nitrogens is 1. The normalized spacial score (nSPS) is 17.1. The molecule has 1 saturated heterocycles. The lowest BCUT2D eigenvalue weighted by atomic mass is 10.0. The molecule has 25 heavy (non-hydrogen) atoms. The van der Waals surface area contributed by atoms with Gasteiger partial charge in [-0.1, -0.05) is 12.1 Å². The number of nitrogens with one attached hydrogen (secondary N) is 1. The maximum atomic E-state index is 12.8. The highest BCUT2D eigenvalue weighted by Crippen LogP contribution is 2.23. The molecule has 6 heteroatoms. The number of aryl methyl sites for hydroxylation is 1. The van der Waals surface area contributed by atoms with Crippen molar-refractivity contribution in [2.75, 3.05) is 19.7 Å². The second kappa shape index (κ2) is 7.70. The molecule has 0 radical (unpaired) electrons. The lowest BCUT2D eigenvalue weighted by Crippen LogP contribution is -2.39. The van der Waals surface area contributed by atoms with E-state index in [1.165, 1.54) is 0 Å². The molecule has 1 aromatic carbocycles. The van der Waals surface area contributed by atoms with Crippen LogP contribution in [0.1, 0.15) is 30.4 Å². The molecule has 1 aromatic heterocycles. The second-order valence-corrected chi connectivity index (χ2v) is 6.61. The number of carboxylic acid groups (broad SMARTS) is 1. The topological polar surface area (TPSA) is 82.6 Å². The number of H-pyrrole nitrogens is 1. The Hall–Kier alpha value is -2.34. The van der Waals surface area contributed by atoms with E-state index in [4.69, 9.17) is 9.84 Å². The number of benzene rings is 1. The van der Waals surface area contributed by atoms with Crippen LogP contribution < -0.4 is 0 Å². The molecule has 2 aromatic rings. The lowest BCUT2D eigenvalue weighted by Gasteiger charge is -2.25. The quantitative estimate of drug-likeness (QED) is 0.808. The molecular formula is C19H24N2O4. The lowest BCUT2D eigenvalue weighted by molar-refractivity contribution is -0.139. The van der Waals surface area contributed by atoms with Crippen LogP contribution in [0.4, 0.5) is 0 Å². The number of ether oxygens (including phenoxy) is 1. The summed E-state index contributed by atoms with van der Waals surface area (Å²) in [6.07, 6.45) is 4.01. The minimum atomic E-state index is -0.895. The molecule has 1 aliphatic rings. The molecule has 1 amide bonds. The first-order chi connectivity index (χ1) is 12.0. The van der Waals surface area contributed by atoms with Crippen LogP contribution >= 0.6 is 0 Å². The predicted octanol–water partition coefficient (Wildman–Crippen LogP) is 2.50. The summed E-state index contributed by atoms with van der Waals surface area (Å²) in [4.78, 5) is 28.6. The van der Waals surface area contributed by atoms with Crippen LogP contribution in [-0.4, -0.2) is 52.7 Å². The molecule has 3 rings (SSSR count). The Labute approximate surface area is 146 Å². The fraction of sp³-hybridized carbons (Fsp3) is 0.474. The van der Waals surface area contributed by atoms with Gasteiger partial charge in [0.1, 0.15) is 0 Å². The molecule has 2 heterocycles. The molecule has 0 saturated carbocycles. The van der Waals surface area contributed by atoms with Crippen LogP contribution in [0.25, 0.3) is 10.9 Å². The molecule has 0 aliphatic carbocycles. The number of hydrogen-bond acceptors (Lipinski definition) is 3. The maximum Gasteiger partial charge on any atom is 0.305 e. The first-order valence-electron chi connectivity index (χ1n) is 8.71. The van der Waals surface area contributed by atoms with Gasteiger partial charge in [-0.3, -0.25) is 9.59 Å². The number of amides is 1. The highest BCUT2D eigenvalue weighted by atomic mass is 16.5. The van der Waals surface area contributed by atoms with Crippen molar-refractivity contribution in [1.82, 2.24) is 9.88 Å². The zero-order valence-corrected chi connectivity index (χ0v) is 14.5. The SMILES string of the molecule is Cc1cccc2[nH]cc(CC(=O)N(CCC(=O)O)CC3CCCO3)c12. The smallest absolute Gasteiger partial charge is 0.305 e. The van der Waals surface area contributed by atoms with Gasteiger partial charge in [-0.05, 0) is 37.0 Å². The molecular weight excluding hydrogens is 320 g/mol. The summed E-state index contributed by atoms with van der Waals surface area (Å²) >= 11 is 0. The Bertz CT molecular complexity index is 762. The zero-order chi connectivity index (χ0) is 17.8. The summed E-state index contributed by atoms with van der Waals surface area (Å²) in [5, 5.41) is 10.0. The van der Waals surface area contributed by atoms with Crippen LogP contribution in [-0.2, 0) is 20.7 Å². The average molecular weight is 344 g/mol. The van der Waals surface area contributed by atoms with E-state index in [-0.39, 0.29) is 31.4 Å². The molecule has 1 atom stereocenters. The first-order valence-corrected chi connectivity index (χ1v) is 8.71. The minimum Gasteiger partial charge on any atom is -0.481 e. The first kappa shape index (κ1) is 17.5. The van der Waals surface area contributed by atoms with Crippen LogP contribution in [0, 0.1) is 6.92 Å². The molecule has 6 nitrogen and oxygen atoms in total. The van der Waals surface area contributed by atoms with E-state index < -0.39 is 5.97 Å². The molecule has 1 unspecified atom stereocenters. The molecule has 134 valence electrons. The van der Waals surface area contributed by atoms with Gasteiger partial charge in [0, 0.05) is 36.8 Å². The summed E-state index contributed by atoms with van der Waals surface area (Å²) in [6.45, 7) is 3.43. The molecule has 2 N–H and O–H groups in total. The number of carbonyl (C=O) groups excluding carboxylic acids is 1. The summed E-state index contributed by atoms with van der Waals surface area (Å²) in [5.74, 6) is -0.950. The van der Waals surface area contributed by atoms with Gasteiger partial charge in [0.15, 0.2) is 0 Å². The standard InChI is InChI=1S/C19H24N2O4/c1-13-4-2-6-16-19(13)14(11-20-16)10-17(22)21(8-7-18(23)24)12-15-5-3-9-25-15/h2,4,6,11,15,20H,3,5,7-10,12H2,1H3,(H,23,24). The number of carboxylic acids is 1. The van der Waals surface area contributed by atoms with E-state index in [1.807, 2.05) is 31.3 Å². The van der Waals surface area contributed by atoms with E-state index in [9.17, 15) is 9.59 Å². The molecule has 0 spiro atoms.